The van der Waals surface area contributed by atoms with E-state index >= 15 is 0 Å². The van der Waals surface area contributed by atoms with E-state index in [1.165, 1.54) is 0 Å². The Morgan fingerprint density at radius 2 is 0.913 bits per heavy atom. The van der Waals surface area contributed by atoms with Crippen LogP contribution in [-0.2, 0) is 11.8 Å². The molecular formula is C10H5BF10O2. The van der Waals surface area contributed by atoms with Crippen molar-refractivity contribution in [3.05, 3.63) is 29.3 Å². The Kier molecular flexibility index (Phi) is 4.71. The van der Waals surface area contributed by atoms with Gasteiger partial charge in [-0.3, -0.25) is 0 Å². The molecule has 0 aliphatic rings. The van der Waals surface area contributed by atoms with Crippen molar-refractivity contribution in [3.63, 3.8) is 0 Å². The van der Waals surface area contributed by atoms with E-state index in [2.05, 4.69) is 0 Å². The number of hydrogen-bond acceptors (Lipinski definition) is 2. The van der Waals surface area contributed by atoms with Gasteiger partial charge < -0.3 is 10.0 Å². The summed E-state index contributed by atoms with van der Waals surface area (Å²) >= 11 is 0. The highest BCUT2D eigenvalue weighted by Crippen LogP contribution is 2.47. The summed E-state index contributed by atoms with van der Waals surface area (Å²) in [5.74, 6) is -11.6. The molecule has 130 valence electrons. The fraction of sp³-hybridized carbons (Fsp3) is 0.400. The lowest BCUT2D eigenvalue weighted by molar-refractivity contribution is -0.292. The van der Waals surface area contributed by atoms with Gasteiger partial charge in [0.2, 0.25) is 0 Å². The number of hydrogen-bond donors (Lipinski definition) is 2. The summed E-state index contributed by atoms with van der Waals surface area (Å²) in [4.78, 5) is 0. The molecule has 1 aromatic carbocycles. The van der Waals surface area contributed by atoms with Gasteiger partial charge in [-0.2, -0.15) is 43.9 Å². The minimum Gasteiger partial charge on any atom is -0.423 e. The number of benzene rings is 1. The van der Waals surface area contributed by atoms with E-state index in [9.17, 15) is 43.9 Å². The van der Waals surface area contributed by atoms with E-state index in [-0.39, 0.29) is 12.1 Å². The summed E-state index contributed by atoms with van der Waals surface area (Å²) in [6, 6.07) is -1.14. The molecule has 0 aliphatic carbocycles. The first-order chi connectivity index (χ1) is 10.0. The Bertz CT molecular complexity index is 534. The summed E-state index contributed by atoms with van der Waals surface area (Å²) in [7, 11) is -2.85. The SMILES string of the molecule is OB(O)c1cc(C(F)(F)C(F)(F)F)cc(C(F)(F)C(F)(F)F)c1. The van der Waals surface area contributed by atoms with Crippen LogP contribution in [0.4, 0.5) is 43.9 Å². The molecule has 0 fully saturated rings. The van der Waals surface area contributed by atoms with Gasteiger partial charge in [-0.1, -0.05) is 12.1 Å². The molecule has 2 nitrogen and oxygen atoms in total. The van der Waals surface area contributed by atoms with E-state index in [0.29, 0.717) is 0 Å². The third-order valence-electron chi connectivity index (χ3n) is 2.69. The quantitative estimate of drug-likeness (QED) is 0.645. The van der Waals surface area contributed by atoms with Crippen LogP contribution in [0.15, 0.2) is 18.2 Å². The van der Waals surface area contributed by atoms with Crippen LogP contribution in [0, 0.1) is 0 Å². The van der Waals surface area contributed by atoms with Gasteiger partial charge in [0.1, 0.15) is 0 Å². The van der Waals surface area contributed by atoms with Crippen molar-refractivity contribution in [1.29, 1.82) is 0 Å². The van der Waals surface area contributed by atoms with Gasteiger partial charge in [0.15, 0.2) is 0 Å². The van der Waals surface area contributed by atoms with Gasteiger partial charge in [-0.25, -0.2) is 0 Å². The molecule has 0 bridgehead atoms. The zero-order valence-corrected chi connectivity index (χ0v) is 10.5. The Morgan fingerprint density at radius 1 is 0.609 bits per heavy atom. The lowest BCUT2D eigenvalue weighted by atomic mass is 9.77. The van der Waals surface area contributed by atoms with Crippen LogP contribution in [0.25, 0.3) is 0 Å². The number of rotatable bonds is 3. The highest BCUT2D eigenvalue weighted by atomic mass is 19.4. The summed E-state index contributed by atoms with van der Waals surface area (Å²) < 4.78 is 126. The molecule has 1 aromatic rings. The van der Waals surface area contributed by atoms with E-state index in [1.807, 2.05) is 0 Å². The Hall–Kier alpha value is -1.50. The van der Waals surface area contributed by atoms with Gasteiger partial charge in [0.05, 0.1) is 0 Å². The highest BCUT2D eigenvalue weighted by Gasteiger charge is 2.62. The van der Waals surface area contributed by atoms with Crippen molar-refractivity contribution < 1.29 is 54.0 Å². The van der Waals surface area contributed by atoms with Crippen LogP contribution in [-0.4, -0.2) is 29.5 Å². The van der Waals surface area contributed by atoms with E-state index in [0.717, 1.165) is 0 Å². The van der Waals surface area contributed by atoms with Crippen molar-refractivity contribution in [2.75, 3.05) is 0 Å². The Labute approximate surface area is 121 Å². The number of alkyl halides is 10. The second kappa shape index (κ2) is 5.55. The van der Waals surface area contributed by atoms with Crippen molar-refractivity contribution >= 4 is 12.6 Å². The molecule has 0 heterocycles. The van der Waals surface area contributed by atoms with Crippen molar-refractivity contribution in [1.82, 2.24) is 0 Å². The molecule has 0 radical (unpaired) electrons. The maximum absolute atomic E-state index is 13.2. The molecule has 1 rings (SSSR count). The highest BCUT2D eigenvalue weighted by molar-refractivity contribution is 6.58. The summed E-state index contributed by atoms with van der Waals surface area (Å²) in [5.41, 5.74) is -5.95. The van der Waals surface area contributed by atoms with Gasteiger partial charge in [-0.05, 0) is 11.5 Å². The van der Waals surface area contributed by atoms with Gasteiger partial charge in [0, 0.05) is 11.1 Å². The lowest BCUT2D eigenvalue weighted by Crippen LogP contribution is -2.40. The van der Waals surface area contributed by atoms with Crippen LogP contribution >= 0.6 is 0 Å². The standard InChI is InChI=1S/C10H5BF10O2/c12-7(13,9(16,17)18)4-1-5(3-6(2-4)11(22)23)8(14,15)10(19,20)21/h1-3,22-23H. The van der Waals surface area contributed by atoms with Crippen molar-refractivity contribution in [2.45, 2.75) is 24.2 Å². The number of halogens is 10. The van der Waals surface area contributed by atoms with Crippen molar-refractivity contribution in [2.24, 2.45) is 0 Å². The first-order valence-electron chi connectivity index (χ1n) is 5.43. The molecule has 0 atom stereocenters. The van der Waals surface area contributed by atoms with Gasteiger partial charge in [0.25, 0.3) is 0 Å². The fourth-order valence-corrected chi connectivity index (χ4v) is 1.49. The normalized spacial score (nSPS) is 14.1. The molecule has 0 saturated heterocycles. The first-order valence-corrected chi connectivity index (χ1v) is 5.43. The Morgan fingerprint density at radius 3 is 1.13 bits per heavy atom. The minimum atomic E-state index is -6.29. The summed E-state index contributed by atoms with van der Waals surface area (Å²) in [5, 5.41) is 17.4. The predicted octanol–water partition coefficient (Wildman–Crippen LogP) is 2.67. The van der Waals surface area contributed by atoms with Crippen LogP contribution in [0.1, 0.15) is 11.1 Å². The topological polar surface area (TPSA) is 40.5 Å². The van der Waals surface area contributed by atoms with Crippen LogP contribution in [0.3, 0.4) is 0 Å². The molecule has 0 unspecified atom stereocenters. The summed E-state index contributed by atoms with van der Waals surface area (Å²) in [6.07, 6.45) is -12.6. The molecule has 13 heteroatoms. The van der Waals surface area contributed by atoms with Crippen LogP contribution in [0.2, 0.25) is 0 Å². The average molecular weight is 358 g/mol. The van der Waals surface area contributed by atoms with E-state index < -0.39 is 54.0 Å². The average Bonchev–Trinajstić information content (AvgIpc) is 2.35. The molecular weight excluding hydrogens is 353 g/mol. The minimum absolute atomic E-state index is 0.228. The molecule has 2 N–H and O–H groups in total. The monoisotopic (exact) mass is 358 g/mol. The molecule has 0 amide bonds. The van der Waals surface area contributed by atoms with Crippen molar-refractivity contribution in [3.8, 4) is 0 Å². The van der Waals surface area contributed by atoms with Gasteiger partial charge in [-0.15, -0.1) is 0 Å². The van der Waals surface area contributed by atoms with Gasteiger partial charge >= 0.3 is 31.3 Å². The zero-order chi connectivity index (χ0) is 18.4. The molecule has 23 heavy (non-hydrogen) atoms. The molecule has 0 aliphatic heterocycles. The second-order valence-electron chi connectivity index (χ2n) is 4.36. The van der Waals surface area contributed by atoms with E-state index in [1.54, 1.807) is 0 Å². The summed E-state index contributed by atoms with van der Waals surface area (Å²) in [6.45, 7) is 0. The predicted molar refractivity (Wildman–Crippen MR) is 56.2 cm³/mol. The largest absolute Gasteiger partial charge is 0.488 e. The maximum Gasteiger partial charge on any atom is 0.488 e. The molecule has 0 aromatic heterocycles. The smallest absolute Gasteiger partial charge is 0.423 e. The van der Waals surface area contributed by atoms with Crippen LogP contribution in [0.5, 0.6) is 0 Å². The third kappa shape index (κ3) is 3.55. The zero-order valence-electron chi connectivity index (χ0n) is 10.5. The second-order valence-corrected chi connectivity index (χ2v) is 4.36. The van der Waals surface area contributed by atoms with Crippen LogP contribution < -0.4 is 5.46 Å². The Balaban J connectivity index is 3.65. The van der Waals surface area contributed by atoms with E-state index in [4.69, 9.17) is 10.0 Å². The maximum atomic E-state index is 13.2. The molecule has 0 spiro atoms. The lowest BCUT2D eigenvalue weighted by Gasteiger charge is -2.24. The first kappa shape index (κ1) is 19.6. The fourth-order valence-electron chi connectivity index (χ4n) is 1.49. The molecule has 0 saturated carbocycles. The third-order valence-corrected chi connectivity index (χ3v) is 2.69.